The Balaban J connectivity index is 1.62. The van der Waals surface area contributed by atoms with Crippen molar-refractivity contribution in [2.24, 2.45) is 5.10 Å². The smallest absolute Gasteiger partial charge is 0.329 e. The van der Waals surface area contributed by atoms with Crippen LogP contribution in [0.4, 0.5) is 10.1 Å². The lowest BCUT2D eigenvalue weighted by Crippen LogP contribution is -2.32. The van der Waals surface area contributed by atoms with Gasteiger partial charge in [-0.3, -0.25) is 9.59 Å². The highest BCUT2D eigenvalue weighted by molar-refractivity contribution is 9.10. The number of hydrazone groups is 1. The summed E-state index contributed by atoms with van der Waals surface area (Å²) in [5, 5.41) is 6.81. The molecule has 0 atom stereocenters. The maximum absolute atomic E-state index is 13.8. The first-order chi connectivity index (χ1) is 16.3. The molecule has 0 saturated carbocycles. The zero-order valence-electron chi connectivity index (χ0n) is 17.6. The van der Waals surface area contributed by atoms with Crippen molar-refractivity contribution in [3.8, 4) is 11.5 Å². The van der Waals surface area contributed by atoms with Crippen LogP contribution in [0.15, 0.2) is 64.2 Å². The SMILES string of the molecule is COc1ccc(/C=N/NC(=O)C(=O)Nc2ccc(Br)cc2F)cc1COc1ccc(Cl)cc1Cl. The maximum atomic E-state index is 13.8. The average molecular weight is 569 g/mol. The zero-order chi connectivity index (χ0) is 24.7. The second-order valence-corrected chi connectivity index (χ2v) is 8.47. The van der Waals surface area contributed by atoms with Gasteiger partial charge in [-0.05, 0) is 60.2 Å². The summed E-state index contributed by atoms with van der Waals surface area (Å²) in [6.07, 6.45) is 1.34. The Morgan fingerprint density at radius 1 is 1.06 bits per heavy atom. The van der Waals surface area contributed by atoms with Gasteiger partial charge in [-0.1, -0.05) is 39.1 Å². The molecule has 34 heavy (non-hydrogen) atoms. The van der Waals surface area contributed by atoms with Crippen molar-refractivity contribution >= 4 is 62.8 Å². The molecule has 0 radical (unpaired) electrons. The minimum absolute atomic E-state index is 0.132. The quantitative estimate of drug-likeness (QED) is 0.221. The molecular formula is C23H17BrCl2FN3O4. The lowest BCUT2D eigenvalue weighted by Gasteiger charge is -2.12. The summed E-state index contributed by atoms with van der Waals surface area (Å²) in [6.45, 7) is 0.139. The highest BCUT2D eigenvalue weighted by Crippen LogP contribution is 2.29. The van der Waals surface area contributed by atoms with Gasteiger partial charge in [0.1, 0.15) is 23.9 Å². The standard InChI is InChI=1S/C23H17BrCl2FN3O4/c1-33-20-6-2-13(8-14(20)12-34-21-7-4-16(25)10-17(21)26)11-28-30-23(32)22(31)29-19-5-3-15(24)9-18(19)27/h2-11H,12H2,1H3,(H,29,31)(H,30,32)/b28-11+. The number of carbonyl (C=O) groups is 2. The first-order valence-electron chi connectivity index (χ1n) is 9.61. The van der Waals surface area contributed by atoms with E-state index in [0.29, 0.717) is 37.1 Å². The molecule has 0 saturated heterocycles. The van der Waals surface area contributed by atoms with Crippen LogP contribution in [0.2, 0.25) is 10.0 Å². The molecule has 3 aromatic carbocycles. The van der Waals surface area contributed by atoms with Gasteiger partial charge in [-0.2, -0.15) is 5.10 Å². The maximum Gasteiger partial charge on any atom is 0.329 e. The number of nitrogens with one attached hydrogen (secondary N) is 2. The van der Waals surface area contributed by atoms with Crippen LogP contribution in [0.1, 0.15) is 11.1 Å². The van der Waals surface area contributed by atoms with E-state index in [9.17, 15) is 14.0 Å². The third kappa shape index (κ3) is 6.93. The second kappa shape index (κ2) is 11.8. The summed E-state index contributed by atoms with van der Waals surface area (Å²) in [7, 11) is 1.52. The Morgan fingerprint density at radius 2 is 1.82 bits per heavy atom. The number of carbonyl (C=O) groups excluding carboxylic acids is 2. The Kier molecular flexibility index (Phi) is 8.86. The number of nitrogens with zero attached hydrogens (tertiary/aromatic N) is 1. The molecular weight excluding hydrogens is 552 g/mol. The fraction of sp³-hybridized carbons (Fsp3) is 0.0870. The molecule has 0 bridgehead atoms. The van der Waals surface area contributed by atoms with Crippen LogP contribution in [0, 0.1) is 5.82 Å². The number of methoxy groups -OCH3 is 1. The summed E-state index contributed by atoms with van der Waals surface area (Å²) < 4.78 is 25.4. The molecule has 0 aliphatic carbocycles. The largest absolute Gasteiger partial charge is 0.496 e. The number of hydrogen-bond acceptors (Lipinski definition) is 5. The van der Waals surface area contributed by atoms with Gasteiger partial charge < -0.3 is 14.8 Å². The van der Waals surface area contributed by atoms with E-state index in [4.69, 9.17) is 32.7 Å². The minimum atomic E-state index is -1.07. The molecule has 2 amide bonds. The van der Waals surface area contributed by atoms with E-state index < -0.39 is 17.6 Å². The van der Waals surface area contributed by atoms with Crippen LogP contribution in [-0.2, 0) is 16.2 Å². The number of anilines is 1. The second-order valence-electron chi connectivity index (χ2n) is 6.71. The molecule has 0 unspecified atom stereocenters. The van der Waals surface area contributed by atoms with Crippen molar-refractivity contribution in [1.29, 1.82) is 0 Å². The fourth-order valence-corrected chi connectivity index (χ4v) is 3.52. The van der Waals surface area contributed by atoms with Crippen molar-refractivity contribution in [3.05, 3.63) is 86.1 Å². The highest BCUT2D eigenvalue weighted by atomic mass is 79.9. The van der Waals surface area contributed by atoms with Gasteiger partial charge in [0, 0.05) is 15.1 Å². The van der Waals surface area contributed by atoms with E-state index in [-0.39, 0.29) is 12.3 Å². The molecule has 11 heteroatoms. The van der Waals surface area contributed by atoms with E-state index in [2.05, 4.69) is 31.8 Å². The van der Waals surface area contributed by atoms with Gasteiger partial charge in [0.05, 0.1) is 24.0 Å². The molecule has 7 nitrogen and oxygen atoms in total. The summed E-state index contributed by atoms with van der Waals surface area (Å²) in [4.78, 5) is 23.9. The predicted octanol–water partition coefficient (Wildman–Crippen LogP) is 5.57. The normalized spacial score (nSPS) is 10.7. The fourth-order valence-electron chi connectivity index (χ4n) is 2.73. The number of ether oxygens (including phenoxy) is 2. The summed E-state index contributed by atoms with van der Waals surface area (Å²) in [5.41, 5.74) is 3.25. The van der Waals surface area contributed by atoms with Crippen molar-refractivity contribution in [1.82, 2.24) is 5.43 Å². The number of benzene rings is 3. The van der Waals surface area contributed by atoms with E-state index in [1.807, 2.05) is 0 Å². The molecule has 0 fully saturated rings. The Morgan fingerprint density at radius 3 is 2.53 bits per heavy atom. The third-order valence-corrected chi connectivity index (χ3v) is 5.37. The minimum Gasteiger partial charge on any atom is -0.496 e. The average Bonchev–Trinajstić information content (AvgIpc) is 2.80. The Hall–Kier alpha value is -3.14. The van der Waals surface area contributed by atoms with Crippen LogP contribution in [0.5, 0.6) is 11.5 Å². The van der Waals surface area contributed by atoms with E-state index in [1.165, 1.54) is 25.5 Å². The van der Waals surface area contributed by atoms with Crippen LogP contribution >= 0.6 is 39.1 Å². The van der Waals surface area contributed by atoms with Gasteiger partial charge in [0.15, 0.2) is 0 Å². The van der Waals surface area contributed by atoms with Crippen molar-refractivity contribution in [2.45, 2.75) is 6.61 Å². The number of rotatable bonds is 7. The molecule has 0 aromatic heterocycles. The van der Waals surface area contributed by atoms with Crippen LogP contribution in [-0.4, -0.2) is 25.1 Å². The summed E-state index contributed by atoms with van der Waals surface area (Å²) in [5.74, 6) is -1.79. The Labute approximate surface area is 213 Å². The molecule has 176 valence electrons. The number of amides is 2. The first kappa shape index (κ1) is 25.5. The molecule has 0 heterocycles. The van der Waals surface area contributed by atoms with Gasteiger partial charge in [0.2, 0.25) is 0 Å². The molecule has 3 aromatic rings. The third-order valence-electron chi connectivity index (χ3n) is 4.35. The molecule has 0 spiro atoms. The van der Waals surface area contributed by atoms with E-state index >= 15 is 0 Å². The van der Waals surface area contributed by atoms with Gasteiger partial charge in [0.25, 0.3) is 0 Å². The lowest BCUT2D eigenvalue weighted by atomic mass is 10.1. The summed E-state index contributed by atoms with van der Waals surface area (Å²) >= 11 is 15.1. The van der Waals surface area contributed by atoms with E-state index in [1.54, 1.807) is 36.4 Å². The van der Waals surface area contributed by atoms with Crippen LogP contribution in [0.3, 0.4) is 0 Å². The van der Waals surface area contributed by atoms with Crippen molar-refractivity contribution in [2.75, 3.05) is 12.4 Å². The van der Waals surface area contributed by atoms with Crippen molar-refractivity contribution < 1.29 is 23.5 Å². The summed E-state index contributed by atoms with van der Waals surface area (Å²) in [6, 6.07) is 14.0. The van der Waals surface area contributed by atoms with Gasteiger partial charge in [-0.25, -0.2) is 9.82 Å². The lowest BCUT2D eigenvalue weighted by molar-refractivity contribution is -0.136. The molecule has 3 rings (SSSR count). The Bertz CT molecular complexity index is 1260. The monoisotopic (exact) mass is 567 g/mol. The number of hydrogen-bond donors (Lipinski definition) is 2. The van der Waals surface area contributed by atoms with Gasteiger partial charge >= 0.3 is 11.8 Å². The zero-order valence-corrected chi connectivity index (χ0v) is 20.7. The van der Waals surface area contributed by atoms with E-state index in [0.717, 1.165) is 6.07 Å². The molecule has 0 aliphatic heterocycles. The molecule has 2 N–H and O–H groups in total. The van der Waals surface area contributed by atoms with Gasteiger partial charge in [-0.15, -0.1) is 0 Å². The van der Waals surface area contributed by atoms with Crippen LogP contribution in [0.25, 0.3) is 0 Å². The topological polar surface area (TPSA) is 89.0 Å². The van der Waals surface area contributed by atoms with Crippen molar-refractivity contribution in [3.63, 3.8) is 0 Å². The highest BCUT2D eigenvalue weighted by Gasteiger charge is 2.15. The molecule has 0 aliphatic rings. The predicted molar refractivity (Wildman–Crippen MR) is 132 cm³/mol. The van der Waals surface area contributed by atoms with Crippen LogP contribution < -0.4 is 20.2 Å². The number of halogens is 4. The first-order valence-corrected chi connectivity index (χ1v) is 11.2.